The van der Waals surface area contributed by atoms with Gasteiger partial charge in [-0.25, -0.2) is 33.9 Å². The third-order valence-corrected chi connectivity index (χ3v) is 7.62. The van der Waals surface area contributed by atoms with Gasteiger partial charge in [-0.3, -0.25) is 4.79 Å². The Morgan fingerprint density at radius 1 is 0.698 bits per heavy atom. The second-order valence-electron chi connectivity index (χ2n) is 11.3. The van der Waals surface area contributed by atoms with Crippen LogP contribution in [0.4, 0.5) is 0 Å². The summed E-state index contributed by atoms with van der Waals surface area (Å²) in [6, 6.07) is 23.2. The fourth-order valence-electron chi connectivity index (χ4n) is 5.17. The molecule has 0 spiro atoms. The van der Waals surface area contributed by atoms with Crippen LogP contribution in [-0.4, -0.2) is 89.9 Å². The number of esters is 5. The highest BCUT2D eigenvalue weighted by molar-refractivity contribution is 5.91. The molecule has 15 heteroatoms. The summed E-state index contributed by atoms with van der Waals surface area (Å²) in [5.74, 6) is -5.92. The maximum absolute atomic E-state index is 13.7. The Morgan fingerprint density at radius 3 is 1.77 bits per heavy atom. The van der Waals surface area contributed by atoms with Crippen molar-refractivity contribution in [3.63, 3.8) is 0 Å². The van der Waals surface area contributed by atoms with E-state index in [1.54, 1.807) is 48.5 Å². The molecule has 0 bridgehead atoms. The lowest BCUT2D eigenvalue weighted by Gasteiger charge is -2.41. The largest absolute Gasteiger partial charge is 0.477 e. The summed E-state index contributed by atoms with van der Waals surface area (Å²) in [5, 5.41) is 2.63. The maximum Gasteiger partial charge on any atom is 0.373 e. The van der Waals surface area contributed by atoms with Crippen LogP contribution in [0.1, 0.15) is 48.6 Å². The van der Waals surface area contributed by atoms with Crippen LogP contribution in [0, 0.1) is 0 Å². The molecule has 0 radical (unpaired) electrons. The Morgan fingerprint density at radius 2 is 1.25 bits per heavy atom. The average Bonchev–Trinajstić information content (AvgIpc) is 3.19. The van der Waals surface area contributed by atoms with E-state index < -0.39 is 78.6 Å². The normalized spacial score (nSPS) is 17.3. The number of hydrogen-bond acceptors (Lipinski definition) is 14. The summed E-state index contributed by atoms with van der Waals surface area (Å²) in [6.45, 7) is 0.423. The summed E-state index contributed by atoms with van der Waals surface area (Å²) in [7, 11) is 1.07. The minimum absolute atomic E-state index is 0.137. The molecule has 5 rings (SSSR count). The number of amides is 1. The van der Waals surface area contributed by atoms with Gasteiger partial charge in [0.1, 0.15) is 30.1 Å². The quantitative estimate of drug-likeness (QED) is 0.156. The molecule has 4 aromatic rings. The molecule has 0 saturated heterocycles. The van der Waals surface area contributed by atoms with Gasteiger partial charge in [0, 0.05) is 25.4 Å². The van der Waals surface area contributed by atoms with Gasteiger partial charge in [-0.15, -0.1) is 0 Å². The van der Waals surface area contributed by atoms with E-state index in [0.29, 0.717) is 0 Å². The number of carbonyl (C=O) groups is 6. The lowest BCUT2D eigenvalue weighted by Crippen LogP contribution is -2.62. The molecule has 53 heavy (non-hydrogen) atoms. The Bertz CT molecular complexity index is 1940. The maximum atomic E-state index is 13.7. The zero-order chi connectivity index (χ0) is 37.7. The molecule has 0 unspecified atom stereocenters. The van der Waals surface area contributed by atoms with Crippen molar-refractivity contribution in [3.8, 4) is 0 Å². The van der Waals surface area contributed by atoms with Crippen LogP contribution >= 0.6 is 0 Å². The van der Waals surface area contributed by atoms with E-state index in [-0.39, 0.29) is 22.5 Å². The Hall–Kier alpha value is -6.90. The molecule has 2 aromatic carbocycles. The lowest BCUT2D eigenvalue weighted by molar-refractivity contribution is -0.153. The van der Waals surface area contributed by atoms with Crippen LogP contribution < -0.4 is 5.32 Å². The first kappa shape index (κ1) is 37.4. The van der Waals surface area contributed by atoms with E-state index in [1.807, 2.05) is 0 Å². The fourth-order valence-corrected chi connectivity index (χ4v) is 5.17. The highest BCUT2D eigenvalue weighted by Crippen LogP contribution is 2.29. The van der Waals surface area contributed by atoms with Gasteiger partial charge in [-0.05, 0) is 48.5 Å². The number of ether oxygens (including phenoxy) is 6. The minimum atomic E-state index is -1.82. The summed E-state index contributed by atoms with van der Waals surface area (Å²) < 4.78 is 34.1. The molecule has 0 aliphatic carbocycles. The van der Waals surface area contributed by atoms with Crippen molar-refractivity contribution in [2.45, 2.75) is 37.4 Å². The van der Waals surface area contributed by atoms with Gasteiger partial charge in [0.25, 0.3) is 0 Å². The summed E-state index contributed by atoms with van der Waals surface area (Å²) in [5.41, 5.74) is -0.0536. The van der Waals surface area contributed by atoms with Crippen LogP contribution in [0.15, 0.2) is 121 Å². The van der Waals surface area contributed by atoms with Gasteiger partial charge in [-0.2, -0.15) is 0 Å². The number of pyridine rings is 2. The molecule has 15 nitrogen and oxygen atoms in total. The summed E-state index contributed by atoms with van der Waals surface area (Å²) in [6.07, 6.45) is -2.88. The number of benzene rings is 2. The molecule has 0 fully saturated rings. The number of nitrogens with one attached hydrogen (secondary N) is 1. The SMILES string of the molecule is COC(=O)C1=C[C@H](OC(=O)c2ccccc2)[C@@H](NC(C)=O)[C@H]([C@H](OC(=O)c2ccccn2)[C@@H](COC(=O)c2ccccc2)OC(=O)c2ccccn2)O1. The smallest absolute Gasteiger partial charge is 0.373 e. The van der Waals surface area contributed by atoms with E-state index in [9.17, 15) is 28.8 Å². The van der Waals surface area contributed by atoms with E-state index >= 15 is 0 Å². The van der Waals surface area contributed by atoms with E-state index in [0.717, 1.165) is 13.2 Å². The third-order valence-electron chi connectivity index (χ3n) is 7.62. The molecule has 1 amide bonds. The van der Waals surface area contributed by atoms with Crippen molar-refractivity contribution >= 4 is 35.8 Å². The monoisotopic (exact) mass is 723 g/mol. The fraction of sp³-hybridized carbons (Fsp3) is 0.211. The van der Waals surface area contributed by atoms with Crippen molar-refractivity contribution in [1.82, 2.24) is 15.3 Å². The topological polar surface area (TPSA) is 196 Å². The standard InChI is InChI=1S/C38H33N3O12/c1-23(42)41-31-28(51-35(44)25-15-7-4-8-16-25)21-29(38(47)48-2)50-33(31)32(53-37(46)27-18-10-12-20-40-27)30(52-36(45)26-17-9-11-19-39-26)22-49-34(43)24-13-5-3-6-14-24/h3-21,28,30-33H,22H2,1-2H3,(H,41,42)/t28-,30+,31+,32+,33+/m0/s1. The molecular formula is C38H33N3O12. The molecule has 3 heterocycles. The molecule has 5 atom stereocenters. The van der Waals surface area contributed by atoms with Gasteiger partial charge >= 0.3 is 29.8 Å². The molecule has 0 saturated carbocycles. The van der Waals surface area contributed by atoms with E-state index in [4.69, 9.17) is 28.4 Å². The van der Waals surface area contributed by atoms with Crippen molar-refractivity contribution in [2.24, 2.45) is 0 Å². The highest BCUT2D eigenvalue weighted by Gasteiger charge is 2.50. The van der Waals surface area contributed by atoms with Crippen LogP contribution in [0.5, 0.6) is 0 Å². The van der Waals surface area contributed by atoms with Gasteiger partial charge in [-0.1, -0.05) is 48.5 Å². The first-order valence-corrected chi connectivity index (χ1v) is 16.1. The molecule has 1 N–H and O–H groups in total. The van der Waals surface area contributed by atoms with Crippen LogP contribution in [-0.2, 0) is 38.0 Å². The predicted octanol–water partition coefficient (Wildman–Crippen LogP) is 3.27. The van der Waals surface area contributed by atoms with Crippen molar-refractivity contribution in [3.05, 3.63) is 144 Å². The van der Waals surface area contributed by atoms with Gasteiger partial charge < -0.3 is 33.7 Å². The van der Waals surface area contributed by atoms with Crippen molar-refractivity contribution in [2.75, 3.05) is 13.7 Å². The number of methoxy groups -OCH3 is 1. The van der Waals surface area contributed by atoms with E-state index in [1.165, 1.54) is 67.8 Å². The highest BCUT2D eigenvalue weighted by atomic mass is 16.6. The molecule has 272 valence electrons. The summed E-state index contributed by atoms with van der Waals surface area (Å²) in [4.78, 5) is 87.4. The molecule has 1 aliphatic rings. The third kappa shape index (κ3) is 9.88. The lowest BCUT2D eigenvalue weighted by atomic mass is 9.93. The zero-order valence-electron chi connectivity index (χ0n) is 28.4. The second kappa shape index (κ2) is 17.8. The number of carbonyl (C=O) groups excluding carboxylic acids is 6. The average molecular weight is 724 g/mol. The first-order chi connectivity index (χ1) is 25.6. The summed E-state index contributed by atoms with van der Waals surface area (Å²) >= 11 is 0. The second-order valence-corrected chi connectivity index (χ2v) is 11.3. The van der Waals surface area contributed by atoms with Crippen molar-refractivity contribution in [1.29, 1.82) is 0 Å². The first-order valence-electron chi connectivity index (χ1n) is 16.1. The number of aromatic nitrogens is 2. The van der Waals surface area contributed by atoms with Crippen LogP contribution in [0.25, 0.3) is 0 Å². The van der Waals surface area contributed by atoms with Crippen molar-refractivity contribution < 1.29 is 57.2 Å². The Labute approximate surface area is 302 Å². The number of rotatable bonds is 13. The van der Waals surface area contributed by atoms with E-state index in [2.05, 4.69) is 15.3 Å². The molecular weight excluding hydrogens is 690 g/mol. The predicted molar refractivity (Wildman–Crippen MR) is 182 cm³/mol. The van der Waals surface area contributed by atoms with Gasteiger partial charge in [0.2, 0.25) is 11.7 Å². The van der Waals surface area contributed by atoms with Crippen LogP contribution in [0.2, 0.25) is 0 Å². The van der Waals surface area contributed by atoms with Gasteiger partial charge in [0.05, 0.1) is 18.2 Å². The molecule has 2 aromatic heterocycles. The number of hydrogen-bond donors (Lipinski definition) is 1. The number of nitrogens with zero attached hydrogens (tertiary/aromatic N) is 2. The Kier molecular flexibility index (Phi) is 12.6. The van der Waals surface area contributed by atoms with Gasteiger partial charge in [0.15, 0.2) is 18.3 Å². The molecule has 1 aliphatic heterocycles. The Balaban J connectivity index is 1.61. The van der Waals surface area contributed by atoms with Crippen LogP contribution in [0.3, 0.4) is 0 Å². The zero-order valence-corrected chi connectivity index (χ0v) is 28.4. The minimum Gasteiger partial charge on any atom is -0.477 e.